The van der Waals surface area contributed by atoms with Crippen LogP contribution in [0.2, 0.25) is 0 Å². The van der Waals surface area contributed by atoms with E-state index in [1.165, 1.54) is 17.1 Å². The lowest BCUT2D eigenvalue weighted by atomic mass is 10.5. The molecule has 104 valence electrons. The van der Waals surface area contributed by atoms with E-state index < -0.39 is 4.92 Å². The van der Waals surface area contributed by atoms with Gasteiger partial charge in [0.2, 0.25) is 0 Å². The summed E-state index contributed by atoms with van der Waals surface area (Å²) < 4.78 is 1.36. The number of H-pyrrole nitrogens is 1. The van der Waals surface area contributed by atoms with Gasteiger partial charge in [-0.25, -0.2) is 14.5 Å². The number of hydrogen-bond donors (Lipinski definition) is 3. The number of rotatable bonds is 4. The van der Waals surface area contributed by atoms with Crippen LogP contribution in [0.25, 0.3) is 0 Å². The highest BCUT2D eigenvalue weighted by molar-refractivity contribution is 5.18. The summed E-state index contributed by atoms with van der Waals surface area (Å²) in [6.45, 7) is 1.76. The van der Waals surface area contributed by atoms with E-state index >= 15 is 0 Å². The molecule has 2 aromatic heterocycles. The fraction of sp³-hybridized carbons (Fsp3) is 0.400. The molecule has 0 unspecified atom stereocenters. The lowest BCUT2D eigenvalue weighted by molar-refractivity contribution is -0.392. The summed E-state index contributed by atoms with van der Waals surface area (Å²) in [5.74, 6) is 0.456. The molecule has 0 radical (unpaired) electrons. The summed E-state index contributed by atoms with van der Waals surface area (Å²) in [7, 11) is 0. The maximum absolute atomic E-state index is 10.4. The van der Waals surface area contributed by atoms with E-state index in [1.807, 2.05) is 0 Å². The standard InChI is InChI=1S/C6H9N3O3.C4H6N2O/c1-5-7-4-6(9(11)12)8(5)2-3-10;7-2-4-1-5-3-6-4/h4,10H,2-3H2,1H3;1,3,7H,2H2,(H,5,6). The number of nitro groups is 1. The second-order valence-corrected chi connectivity index (χ2v) is 3.51. The third-order valence-corrected chi connectivity index (χ3v) is 2.26. The van der Waals surface area contributed by atoms with Crippen LogP contribution >= 0.6 is 0 Å². The van der Waals surface area contributed by atoms with Gasteiger partial charge in [0.1, 0.15) is 12.7 Å². The van der Waals surface area contributed by atoms with Gasteiger partial charge >= 0.3 is 5.82 Å². The highest BCUT2D eigenvalue weighted by Gasteiger charge is 2.15. The van der Waals surface area contributed by atoms with Gasteiger partial charge < -0.3 is 25.3 Å². The SMILES string of the molecule is Cc1ncc([N+](=O)[O-])n1CCO.OCc1c[nH]cn1. The number of hydrogen-bond acceptors (Lipinski definition) is 6. The van der Waals surface area contributed by atoms with Gasteiger partial charge in [-0.2, -0.15) is 0 Å². The van der Waals surface area contributed by atoms with Crippen molar-refractivity contribution in [1.29, 1.82) is 0 Å². The average Bonchev–Trinajstić information content (AvgIpc) is 3.01. The molecule has 0 saturated carbocycles. The zero-order valence-corrected chi connectivity index (χ0v) is 10.4. The van der Waals surface area contributed by atoms with Gasteiger partial charge in [0.25, 0.3) is 0 Å². The van der Waals surface area contributed by atoms with E-state index in [0.29, 0.717) is 11.5 Å². The third-order valence-electron chi connectivity index (χ3n) is 2.26. The Hall–Kier alpha value is -2.26. The molecule has 2 heterocycles. The first-order valence-corrected chi connectivity index (χ1v) is 5.46. The number of aliphatic hydroxyl groups excluding tert-OH is 2. The van der Waals surface area contributed by atoms with E-state index in [-0.39, 0.29) is 25.6 Å². The Kier molecular flexibility index (Phi) is 5.64. The van der Waals surface area contributed by atoms with Crippen molar-refractivity contribution in [2.45, 2.75) is 20.1 Å². The second-order valence-electron chi connectivity index (χ2n) is 3.51. The summed E-state index contributed by atoms with van der Waals surface area (Å²) in [5.41, 5.74) is 0.681. The van der Waals surface area contributed by atoms with E-state index in [4.69, 9.17) is 10.2 Å². The van der Waals surface area contributed by atoms with Crippen LogP contribution in [0, 0.1) is 17.0 Å². The first-order valence-electron chi connectivity index (χ1n) is 5.46. The van der Waals surface area contributed by atoms with Gasteiger partial charge in [-0.05, 0) is 4.92 Å². The third kappa shape index (κ3) is 4.16. The van der Waals surface area contributed by atoms with Gasteiger partial charge in [0.05, 0.1) is 25.2 Å². The lowest BCUT2D eigenvalue weighted by Gasteiger charge is -1.98. The molecule has 0 spiro atoms. The topological polar surface area (TPSA) is 130 Å². The van der Waals surface area contributed by atoms with Crippen molar-refractivity contribution in [1.82, 2.24) is 19.5 Å². The highest BCUT2D eigenvalue weighted by atomic mass is 16.6. The predicted molar refractivity (Wildman–Crippen MR) is 65.2 cm³/mol. The van der Waals surface area contributed by atoms with Crippen LogP contribution in [-0.2, 0) is 13.2 Å². The lowest BCUT2D eigenvalue weighted by Crippen LogP contribution is -2.07. The Labute approximate surface area is 108 Å². The summed E-state index contributed by atoms with van der Waals surface area (Å²) in [4.78, 5) is 20.1. The predicted octanol–water partition coefficient (Wildman–Crippen LogP) is -0.00598. The Morgan fingerprint density at radius 3 is 2.63 bits per heavy atom. The Balaban J connectivity index is 0.000000218. The highest BCUT2D eigenvalue weighted by Crippen LogP contribution is 2.12. The Morgan fingerprint density at radius 1 is 1.47 bits per heavy atom. The Morgan fingerprint density at radius 2 is 2.21 bits per heavy atom. The molecule has 2 rings (SSSR count). The molecule has 19 heavy (non-hydrogen) atoms. The van der Waals surface area contributed by atoms with Crippen molar-refractivity contribution in [2.24, 2.45) is 0 Å². The number of aliphatic hydroxyl groups is 2. The van der Waals surface area contributed by atoms with Crippen molar-refractivity contribution < 1.29 is 15.1 Å². The molecule has 2 aromatic rings. The number of nitrogens with zero attached hydrogens (tertiary/aromatic N) is 4. The van der Waals surface area contributed by atoms with Crippen LogP contribution in [0.5, 0.6) is 0 Å². The van der Waals surface area contributed by atoms with Gasteiger partial charge in [0, 0.05) is 13.1 Å². The van der Waals surface area contributed by atoms with Crippen molar-refractivity contribution in [2.75, 3.05) is 6.61 Å². The summed E-state index contributed by atoms with van der Waals surface area (Å²) in [5, 5.41) is 27.3. The first kappa shape index (κ1) is 14.8. The molecule has 0 aliphatic rings. The molecular formula is C10H15N5O4. The van der Waals surface area contributed by atoms with Crippen molar-refractivity contribution in [3.8, 4) is 0 Å². The van der Waals surface area contributed by atoms with Crippen LogP contribution in [0.3, 0.4) is 0 Å². The minimum Gasteiger partial charge on any atom is -0.392 e. The van der Waals surface area contributed by atoms with Crippen LogP contribution in [0.1, 0.15) is 11.5 Å². The van der Waals surface area contributed by atoms with Crippen molar-refractivity contribution in [3.05, 3.63) is 40.4 Å². The minimum absolute atomic E-state index is 0.0174. The maximum Gasteiger partial charge on any atom is 0.342 e. The maximum atomic E-state index is 10.4. The van der Waals surface area contributed by atoms with Gasteiger partial charge in [-0.1, -0.05) is 0 Å². The fourth-order valence-corrected chi connectivity index (χ4v) is 1.36. The molecular weight excluding hydrogens is 254 g/mol. The summed E-state index contributed by atoms with van der Waals surface area (Å²) >= 11 is 0. The average molecular weight is 269 g/mol. The smallest absolute Gasteiger partial charge is 0.342 e. The summed E-state index contributed by atoms with van der Waals surface area (Å²) in [6, 6.07) is 0. The molecule has 0 bridgehead atoms. The molecule has 9 heteroatoms. The molecule has 0 aliphatic heterocycles. The van der Waals surface area contributed by atoms with E-state index in [0.717, 1.165) is 0 Å². The van der Waals surface area contributed by atoms with Gasteiger partial charge in [0.15, 0.2) is 5.82 Å². The minimum atomic E-state index is -0.518. The summed E-state index contributed by atoms with van der Waals surface area (Å²) in [6.07, 6.45) is 4.37. The van der Waals surface area contributed by atoms with Crippen LogP contribution in [0.15, 0.2) is 18.7 Å². The normalized spacial score (nSPS) is 9.84. The first-order chi connectivity index (χ1) is 9.10. The largest absolute Gasteiger partial charge is 0.392 e. The molecule has 3 N–H and O–H groups in total. The molecule has 0 aromatic carbocycles. The quantitative estimate of drug-likeness (QED) is 0.528. The fourth-order valence-electron chi connectivity index (χ4n) is 1.36. The van der Waals surface area contributed by atoms with E-state index in [1.54, 1.807) is 13.1 Å². The molecule has 0 saturated heterocycles. The van der Waals surface area contributed by atoms with Gasteiger partial charge in [-0.15, -0.1) is 0 Å². The molecule has 0 aliphatic carbocycles. The van der Waals surface area contributed by atoms with E-state index in [2.05, 4.69) is 15.0 Å². The second kappa shape index (κ2) is 7.24. The monoisotopic (exact) mass is 269 g/mol. The number of nitrogens with one attached hydrogen (secondary N) is 1. The molecule has 0 atom stereocenters. The number of imidazole rings is 2. The van der Waals surface area contributed by atoms with Crippen LogP contribution < -0.4 is 0 Å². The zero-order chi connectivity index (χ0) is 14.3. The number of aryl methyl sites for hydroxylation is 1. The van der Waals surface area contributed by atoms with Crippen molar-refractivity contribution in [3.63, 3.8) is 0 Å². The number of aromatic amines is 1. The van der Waals surface area contributed by atoms with E-state index in [9.17, 15) is 10.1 Å². The zero-order valence-electron chi connectivity index (χ0n) is 10.4. The van der Waals surface area contributed by atoms with Crippen LogP contribution in [-0.4, -0.2) is 41.3 Å². The van der Waals surface area contributed by atoms with Crippen molar-refractivity contribution >= 4 is 5.82 Å². The van der Waals surface area contributed by atoms with Crippen LogP contribution in [0.4, 0.5) is 5.82 Å². The molecule has 9 nitrogen and oxygen atoms in total. The Bertz CT molecular complexity index is 508. The van der Waals surface area contributed by atoms with Gasteiger partial charge in [-0.3, -0.25) is 0 Å². The molecule has 0 amide bonds. The molecule has 0 fully saturated rings. The number of aromatic nitrogens is 4.